The van der Waals surface area contributed by atoms with Gasteiger partial charge in [-0.1, -0.05) is 182 Å². The van der Waals surface area contributed by atoms with Crippen LogP contribution in [0.25, 0.3) is 0 Å². The molecule has 390 valence electrons. The molecule has 6 N–H and O–H groups in total. The van der Waals surface area contributed by atoms with Crippen LogP contribution in [0.2, 0.25) is 0 Å². The molecule has 0 aliphatic rings. The van der Waals surface area contributed by atoms with Crippen LogP contribution in [0.1, 0.15) is 59.4 Å². The smallest absolute Gasteiger partial charge is 0.408 e. The average molecular weight is 1050 g/mol. The first kappa shape index (κ1) is 56.4. The Balaban J connectivity index is 1.07. The van der Waals surface area contributed by atoms with Gasteiger partial charge in [-0.2, -0.15) is 0 Å². The lowest BCUT2D eigenvalue weighted by atomic mass is 9.84. The average Bonchev–Trinajstić information content (AvgIpc) is 3.43. The Bertz CT molecular complexity index is 2660. The summed E-state index contributed by atoms with van der Waals surface area (Å²) >= 11 is 2.84. The fraction of sp³-hybridized carbons (Fsp3) is 0.259. The first-order valence-corrected chi connectivity index (χ1v) is 26.3. The summed E-state index contributed by atoms with van der Waals surface area (Å²) in [6.45, 7) is 2.99. The Morgan fingerprint density at radius 2 is 0.867 bits per heavy atom. The highest BCUT2D eigenvalue weighted by molar-refractivity contribution is 8.00. The SMILES string of the molecule is CC(C)(C)OC(=O)CNC(=O)C(CSC(c1ccccc1)c1ccccc1)NC(=O)CNC(=O)CNC(=O)CNC(=O)C(CSC(c1ccccc1)(c1ccccc1)c1ccccc1)NC(=O)OCc1ccccc1. The second-order valence-electron chi connectivity index (χ2n) is 18.1. The number of hydrogen-bond acceptors (Lipinski definition) is 11. The zero-order chi connectivity index (χ0) is 53.5. The fourth-order valence-electron chi connectivity index (χ4n) is 7.76. The van der Waals surface area contributed by atoms with Gasteiger partial charge >= 0.3 is 12.1 Å². The first-order chi connectivity index (χ1) is 36.2. The Kier molecular flexibility index (Phi) is 21.5. The Hall–Kier alpha value is -7.89. The molecule has 15 nitrogen and oxygen atoms in total. The van der Waals surface area contributed by atoms with Crippen molar-refractivity contribution in [2.24, 2.45) is 0 Å². The number of benzene rings is 6. The van der Waals surface area contributed by atoms with Crippen LogP contribution >= 0.6 is 23.5 Å². The zero-order valence-electron chi connectivity index (χ0n) is 42.0. The van der Waals surface area contributed by atoms with Gasteiger partial charge in [0.05, 0.1) is 29.6 Å². The number of rotatable bonds is 25. The van der Waals surface area contributed by atoms with Crippen LogP contribution in [0.5, 0.6) is 0 Å². The van der Waals surface area contributed by atoms with Crippen LogP contribution in [-0.2, 0) is 49.6 Å². The van der Waals surface area contributed by atoms with Crippen LogP contribution in [-0.4, -0.2) is 97.0 Å². The maximum Gasteiger partial charge on any atom is 0.408 e. The van der Waals surface area contributed by atoms with Crippen molar-refractivity contribution in [2.75, 3.05) is 37.7 Å². The zero-order valence-corrected chi connectivity index (χ0v) is 43.6. The summed E-state index contributed by atoms with van der Waals surface area (Å²) < 4.78 is 10.0. The molecule has 0 aromatic heterocycles. The highest BCUT2D eigenvalue weighted by Crippen LogP contribution is 2.48. The Labute approximate surface area is 446 Å². The summed E-state index contributed by atoms with van der Waals surface area (Å²) in [5.41, 5.74) is 4.72. The third-order valence-electron chi connectivity index (χ3n) is 11.3. The summed E-state index contributed by atoms with van der Waals surface area (Å²) in [4.78, 5) is 92.8. The lowest BCUT2D eigenvalue weighted by Crippen LogP contribution is -2.52. The van der Waals surface area contributed by atoms with Gasteiger partial charge in [-0.25, -0.2) is 4.79 Å². The van der Waals surface area contributed by atoms with Gasteiger partial charge in [0.1, 0.15) is 30.8 Å². The molecule has 0 fully saturated rings. The maximum atomic E-state index is 14.0. The van der Waals surface area contributed by atoms with Crippen molar-refractivity contribution in [1.29, 1.82) is 0 Å². The van der Waals surface area contributed by atoms with Gasteiger partial charge in [0, 0.05) is 11.5 Å². The number of nitrogens with one attached hydrogen (secondary N) is 6. The van der Waals surface area contributed by atoms with Gasteiger partial charge in [-0.15, -0.1) is 23.5 Å². The molecule has 0 aliphatic heterocycles. The normalized spacial score (nSPS) is 12.0. The minimum absolute atomic E-state index is 0.0304. The van der Waals surface area contributed by atoms with Crippen LogP contribution < -0.4 is 31.9 Å². The molecular weight excluding hydrogens is 989 g/mol. The van der Waals surface area contributed by atoms with Crippen molar-refractivity contribution < 1.29 is 43.0 Å². The van der Waals surface area contributed by atoms with Crippen molar-refractivity contribution in [2.45, 2.75) is 55.1 Å². The number of alkyl carbamates (subject to hydrolysis) is 1. The van der Waals surface area contributed by atoms with Gasteiger partial charge in [-0.05, 0) is 54.2 Å². The molecule has 0 saturated carbocycles. The van der Waals surface area contributed by atoms with Crippen LogP contribution in [0.15, 0.2) is 182 Å². The number of thioether (sulfide) groups is 2. The molecule has 0 radical (unpaired) electrons. The van der Waals surface area contributed by atoms with Crippen molar-refractivity contribution in [1.82, 2.24) is 31.9 Å². The van der Waals surface area contributed by atoms with Crippen molar-refractivity contribution in [3.63, 3.8) is 0 Å². The molecule has 6 amide bonds. The second kappa shape index (κ2) is 28.5. The predicted octanol–water partition coefficient (Wildman–Crippen LogP) is 6.82. The third-order valence-corrected chi connectivity index (χ3v) is 14.3. The molecule has 0 heterocycles. The van der Waals surface area contributed by atoms with Crippen molar-refractivity contribution in [3.05, 3.63) is 215 Å². The number of amides is 6. The molecule has 0 bridgehead atoms. The quantitative estimate of drug-likeness (QED) is 0.0259. The molecule has 6 aromatic rings. The first-order valence-electron chi connectivity index (χ1n) is 24.3. The summed E-state index contributed by atoms with van der Waals surface area (Å²) in [6.07, 6.45) is -0.843. The standard InChI is InChI=1S/C58H62N6O9S2/c1-57(2,3)73-52(68)37-62-54(69)47(39-74-53(42-24-12-5-13-25-42)43-26-14-6-15-27-43)63-51(67)36-60-49(65)34-59-50(66)35-61-55(70)48(64-56(71)72-38-41-22-10-4-11-23-41)40-75-58(44-28-16-7-17-29-44,45-30-18-8-19-31-45)46-32-20-9-21-33-46/h4-33,47-48,53H,34-40H2,1-3H3,(H,59,66)(H,60,65)(H,61,70)(H,62,69)(H,63,67)(H,64,71). The van der Waals surface area contributed by atoms with Gasteiger partial charge in [0.25, 0.3) is 0 Å². The minimum Gasteiger partial charge on any atom is -0.459 e. The predicted molar refractivity (Wildman–Crippen MR) is 292 cm³/mol. The van der Waals surface area contributed by atoms with Gasteiger partial charge < -0.3 is 41.4 Å². The molecule has 75 heavy (non-hydrogen) atoms. The van der Waals surface area contributed by atoms with E-state index in [1.54, 1.807) is 32.9 Å². The topological polar surface area (TPSA) is 210 Å². The van der Waals surface area contributed by atoms with E-state index < -0.39 is 90.2 Å². The molecule has 0 saturated heterocycles. The highest BCUT2D eigenvalue weighted by atomic mass is 32.2. The summed E-state index contributed by atoms with van der Waals surface area (Å²) in [6, 6.07) is 55.6. The van der Waals surface area contributed by atoms with Gasteiger partial charge in [0.2, 0.25) is 29.5 Å². The number of esters is 1. The fourth-order valence-corrected chi connectivity index (χ4v) is 10.6. The van der Waals surface area contributed by atoms with E-state index in [0.717, 1.165) is 33.4 Å². The number of ether oxygens (including phenoxy) is 2. The summed E-state index contributed by atoms with van der Waals surface area (Å²) in [5.74, 6) is -4.00. The van der Waals surface area contributed by atoms with E-state index in [-0.39, 0.29) is 23.4 Å². The second-order valence-corrected chi connectivity index (χ2v) is 20.5. The molecule has 0 aliphatic carbocycles. The van der Waals surface area contributed by atoms with E-state index in [9.17, 15) is 33.6 Å². The van der Waals surface area contributed by atoms with E-state index in [1.165, 1.54) is 23.5 Å². The van der Waals surface area contributed by atoms with Crippen molar-refractivity contribution in [3.8, 4) is 0 Å². The molecule has 17 heteroatoms. The van der Waals surface area contributed by atoms with Gasteiger partial charge in [0.15, 0.2) is 0 Å². The minimum atomic E-state index is -1.20. The van der Waals surface area contributed by atoms with E-state index in [1.807, 2.05) is 170 Å². The van der Waals surface area contributed by atoms with Crippen LogP contribution in [0, 0.1) is 0 Å². The third kappa shape index (κ3) is 17.9. The molecule has 2 atom stereocenters. The van der Waals surface area contributed by atoms with Gasteiger partial charge in [-0.3, -0.25) is 28.8 Å². The van der Waals surface area contributed by atoms with E-state index in [4.69, 9.17) is 9.47 Å². The molecule has 6 rings (SSSR count). The maximum absolute atomic E-state index is 14.0. The molecule has 0 spiro atoms. The lowest BCUT2D eigenvalue weighted by molar-refractivity contribution is -0.154. The Morgan fingerprint density at radius 1 is 0.467 bits per heavy atom. The molecule has 6 aromatic carbocycles. The lowest BCUT2D eigenvalue weighted by Gasteiger charge is -2.36. The Morgan fingerprint density at radius 3 is 1.33 bits per heavy atom. The van der Waals surface area contributed by atoms with Crippen LogP contribution in [0.4, 0.5) is 4.79 Å². The summed E-state index contributed by atoms with van der Waals surface area (Å²) in [7, 11) is 0. The number of hydrogen-bond donors (Lipinski definition) is 6. The number of carbonyl (C=O) groups is 7. The molecular formula is C58H62N6O9S2. The van der Waals surface area contributed by atoms with E-state index >= 15 is 0 Å². The number of carbonyl (C=O) groups excluding carboxylic acids is 7. The molecule has 2 unspecified atom stereocenters. The largest absolute Gasteiger partial charge is 0.459 e. The van der Waals surface area contributed by atoms with E-state index in [2.05, 4.69) is 31.9 Å². The van der Waals surface area contributed by atoms with Crippen molar-refractivity contribution >= 4 is 65.1 Å². The monoisotopic (exact) mass is 1050 g/mol. The van der Waals surface area contributed by atoms with Crippen LogP contribution in [0.3, 0.4) is 0 Å². The van der Waals surface area contributed by atoms with E-state index in [0.29, 0.717) is 0 Å². The highest BCUT2D eigenvalue weighted by Gasteiger charge is 2.39. The summed E-state index contributed by atoms with van der Waals surface area (Å²) in [5, 5.41) is 15.2.